The third-order valence-electron chi connectivity index (χ3n) is 15.9. The third-order valence-corrected chi connectivity index (χ3v) is 16.9. The van der Waals surface area contributed by atoms with Crippen molar-refractivity contribution in [2.24, 2.45) is 0 Å². The van der Waals surface area contributed by atoms with Gasteiger partial charge in [-0.3, -0.25) is 13.8 Å². The second kappa shape index (κ2) is 50.6. The summed E-state index contributed by atoms with van der Waals surface area (Å²) in [4.78, 5) is 23.6. The smallest absolute Gasteiger partial charge is 0.391 e. The van der Waals surface area contributed by atoms with E-state index in [1.54, 1.807) is 0 Å². The number of nitrogens with one attached hydrogen (secondary N) is 1. The van der Waals surface area contributed by atoms with E-state index in [4.69, 9.17) is 9.05 Å². The van der Waals surface area contributed by atoms with Crippen LogP contribution in [-0.2, 0) is 18.4 Å². The minimum atomic E-state index is -5.06. The van der Waals surface area contributed by atoms with Gasteiger partial charge in [0.25, 0.3) is 0 Å². The van der Waals surface area contributed by atoms with E-state index in [9.17, 15) is 44.9 Å². The number of aliphatic hydroxyl groups excluding tert-OH is 6. The first kappa shape index (κ1) is 71.4. The van der Waals surface area contributed by atoms with Crippen LogP contribution in [0.15, 0.2) is 0 Å². The highest BCUT2D eigenvalue weighted by atomic mass is 31.2. The molecule has 1 saturated carbocycles. The summed E-state index contributed by atoms with van der Waals surface area (Å²) in [7, 11) is -5.06. The predicted octanol–water partition coefficient (Wildman–Crippen LogP) is 15.3. The van der Waals surface area contributed by atoms with Gasteiger partial charge in [0.2, 0.25) is 5.91 Å². The Bertz CT molecular complexity index is 1250. The normalized spacial score (nSPS) is 20.7. The van der Waals surface area contributed by atoms with Crippen LogP contribution < -0.4 is 5.32 Å². The van der Waals surface area contributed by atoms with Gasteiger partial charge in [0.1, 0.15) is 36.6 Å². The zero-order chi connectivity index (χ0) is 54.2. The number of hydrogen-bond donors (Lipinski definition) is 8. The average Bonchev–Trinajstić information content (AvgIpc) is 3.39. The van der Waals surface area contributed by atoms with Crippen LogP contribution in [0.1, 0.15) is 328 Å². The van der Waals surface area contributed by atoms with Gasteiger partial charge < -0.3 is 40.8 Å². The molecule has 0 spiro atoms. The maximum Gasteiger partial charge on any atom is 0.472 e. The molecule has 0 bridgehead atoms. The zero-order valence-corrected chi connectivity index (χ0v) is 49.1. The number of hydrogen-bond acceptors (Lipinski definition) is 10. The second-order valence-electron chi connectivity index (χ2n) is 23.0. The van der Waals surface area contributed by atoms with Crippen molar-refractivity contribution in [3.8, 4) is 0 Å². The molecule has 9 atom stereocenters. The highest BCUT2D eigenvalue weighted by Crippen LogP contribution is 2.47. The SMILES string of the molecule is CCCCCCCCCCCCCCCCCCCCCCCCCCCCCCCCCCCCCC(=O)N[C@@H](COP(=O)(O)OC1C(O)C(O)C(O)[C@@H](O)C1O)[C@H](O)CCCCCCCCCCCCCC. The Morgan fingerprint density at radius 2 is 0.649 bits per heavy atom. The number of rotatable bonds is 56. The van der Waals surface area contributed by atoms with Gasteiger partial charge in [-0.2, -0.15) is 0 Å². The van der Waals surface area contributed by atoms with Crippen molar-refractivity contribution in [1.29, 1.82) is 0 Å². The molecule has 0 aliphatic heterocycles. The lowest BCUT2D eigenvalue weighted by Crippen LogP contribution is -2.64. The van der Waals surface area contributed by atoms with Crippen LogP contribution in [0.2, 0.25) is 0 Å². The molecule has 1 fully saturated rings. The standard InChI is InChI=1S/C61H122NO11P/c1-3-5-7-9-11-13-15-17-18-19-20-21-22-23-24-25-26-27-28-29-30-31-32-33-34-35-36-37-38-39-41-43-45-47-49-51-55(64)62-53(54(63)50-48-46-44-42-40-16-14-12-10-8-6-4-2)52-72-74(70,71)73-61-59(68)57(66)56(65)58(67)60(61)69/h53-54,56-61,63,65-69H,3-52H2,1-2H3,(H,62,64)(H,70,71)/t53-,54+,56?,57+,58?,59?,60?,61?/m0/s1. The Morgan fingerprint density at radius 1 is 0.405 bits per heavy atom. The van der Waals surface area contributed by atoms with Crippen molar-refractivity contribution in [2.75, 3.05) is 6.61 Å². The van der Waals surface area contributed by atoms with Gasteiger partial charge in [-0.05, 0) is 12.8 Å². The molecule has 1 rings (SSSR count). The van der Waals surface area contributed by atoms with Crippen molar-refractivity contribution < 1.29 is 53.9 Å². The van der Waals surface area contributed by atoms with Crippen molar-refractivity contribution in [1.82, 2.24) is 5.32 Å². The van der Waals surface area contributed by atoms with Crippen molar-refractivity contribution in [3.05, 3.63) is 0 Å². The van der Waals surface area contributed by atoms with Crippen LogP contribution in [0.4, 0.5) is 0 Å². The fourth-order valence-electron chi connectivity index (χ4n) is 10.8. The quantitative estimate of drug-likeness (QED) is 0.0212. The van der Waals surface area contributed by atoms with Gasteiger partial charge in [0.15, 0.2) is 0 Å². The molecule has 442 valence electrons. The minimum absolute atomic E-state index is 0.243. The number of carbonyl (C=O) groups excluding carboxylic acids is 1. The summed E-state index contributed by atoms with van der Waals surface area (Å²) in [5.74, 6) is -0.301. The van der Waals surface area contributed by atoms with E-state index in [1.165, 1.54) is 250 Å². The topological polar surface area (TPSA) is 206 Å². The summed E-state index contributed by atoms with van der Waals surface area (Å²) in [6, 6.07) is -1.03. The lowest BCUT2D eigenvalue weighted by Gasteiger charge is -2.41. The van der Waals surface area contributed by atoms with Crippen LogP contribution >= 0.6 is 7.82 Å². The van der Waals surface area contributed by atoms with Gasteiger partial charge in [-0.25, -0.2) is 4.57 Å². The van der Waals surface area contributed by atoms with Crippen LogP contribution in [0.25, 0.3) is 0 Å². The summed E-state index contributed by atoms with van der Waals surface area (Å²) in [5, 5.41) is 64.4. The molecule has 1 aliphatic carbocycles. The molecule has 0 aromatic heterocycles. The molecule has 6 unspecified atom stereocenters. The zero-order valence-electron chi connectivity index (χ0n) is 48.2. The molecule has 0 heterocycles. The van der Waals surface area contributed by atoms with E-state index < -0.39 is 63.2 Å². The molecular weight excluding hydrogens is 954 g/mol. The van der Waals surface area contributed by atoms with Crippen molar-refractivity contribution in [2.45, 2.75) is 377 Å². The Morgan fingerprint density at radius 3 is 0.932 bits per heavy atom. The lowest BCUT2D eigenvalue weighted by molar-refractivity contribution is -0.220. The summed E-state index contributed by atoms with van der Waals surface area (Å²) in [6.45, 7) is 3.93. The van der Waals surface area contributed by atoms with Gasteiger partial charge in [0, 0.05) is 6.42 Å². The highest BCUT2D eigenvalue weighted by Gasteiger charge is 2.51. The minimum Gasteiger partial charge on any atom is -0.391 e. The Kier molecular flexibility index (Phi) is 48.7. The summed E-state index contributed by atoms with van der Waals surface area (Å²) in [6.07, 6.45) is 49.0. The highest BCUT2D eigenvalue weighted by molar-refractivity contribution is 7.47. The summed E-state index contributed by atoms with van der Waals surface area (Å²) >= 11 is 0. The second-order valence-corrected chi connectivity index (χ2v) is 24.4. The molecule has 12 nitrogen and oxygen atoms in total. The van der Waals surface area contributed by atoms with Gasteiger partial charge in [-0.1, -0.05) is 309 Å². The van der Waals surface area contributed by atoms with Crippen LogP contribution in [-0.4, -0.2) is 96.8 Å². The van der Waals surface area contributed by atoms with Crippen molar-refractivity contribution >= 4 is 13.7 Å². The van der Waals surface area contributed by atoms with E-state index in [0.29, 0.717) is 19.3 Å². The molecule has 0 aromatic carbocycles. The molecule has 0 radical (unpaired) electrons. The molecule has 1 amide bonds. The maximum atomic E-state index is 13.1. The molecule has 1 aliphatic rings. The molecule has 74 heavy (non-hydrogen) atoms. The number of carbonyl (C=O) groups is 1. The van der Waals surface area contributed by atoms with Crippen LogP contribution in [0.3, 0.4) is 0 Å². The first-order chi connectivity index (χ1) is 35.9. The monoisotopic (exact) mass is 1080 g/mol. The predicted molar refractivity (Wildman–Crippen MR) is 306 cm³/mol. The fourth-order valence-corrected chi connectivity index (χ4v) is 11.8. The fraction of sp³-hybridized carbons (Fsp3) is 0.984. The molecule has 8 N–H and O–H groups in total. The number of amides is 1. The van der Waals surface area contributed by atoms with E-state index >= 15 is 0 Å². The van der Waals surface area contributed by atoms with Crippen LogP contribution in [0, 0.1) is 0 Å². The van der Waals surface area contributed by atoms with E-state index in [-0.39, 0.29) is 12.3 Å². The third kappa shape index (κ3) is 40.5. The van der Waals surface area contributed by atoms with Gasteiger partial charge in [-0.15, -0.1) is 0 Å². The Hall–Kier alpha value is -0.660. The number of unbranched alkanes of at least 4 members (excludes halogenated alkanes) is 45. The molecule has 0 aromatic rings. The summed E-state index contributed by atoms with van der Waals surface area (Å²) in [5.41, 5.74) is 0. The number of phosphoric acid groups is 1. The van der Waals surface area contributed by atoms with Crippen molar-refractivity contribution in [3.63, 3.8) is 0 Å². The van der Waals surface area contributed by atoms with Gasteiger partial charge >= 0.3 is 7.82 Å². The molecular formula is C61H122NO11P. The molecule has 0 saturated heterocycles. The maximum absolute atomic E-state index is 13.1. The Balaban J connectivity index is 2.12. The summed E-state index contributed by atoms with van der Waals surface area (Å²) < 4.78 is 23.1. The van der Waals surface area contributed by atoms with Crippen LogP contribution in [0.5, 0.6) is 0 Å². The van der Waals surface area contributed by atoms with E-state index in [0.717, 1.165) is 38.5 Å². The molecule has 13 heteroatoms. The Labute approximate surface area is 455 Å². The largest absolute Gasteiger partial charge is 0.472 e. The first-order valence-corrected chi connectivity index (χ1v) is 33.5. The number of aliphatic hydroxyl groups is 6. The number of phosphoric ester groups is 1. The lowest BCUT2D eigenvalue weighted by atomic mass is 9.85. The average molecular weight is 1080 g/mol. The van der Waals surface area contributed by atoms with E-state index in [2.05, 4.69) is 19.2 Å². The first-order valence-electron chi connectivity index (χ1n) is 32.0. The van der Waals surface area contributed by atoms with E-state index in [1.807, 2.05) is 0 Å². The van der Waals surface area contributed by atoms with Gasteiger partial charge in [0.05, 0.1) is 18.8 Å².